The Bertz CT molecular complexity index is 195. The predicted octanol–water partition coefficient (Wildman–Crippen LogP) is 0.294. The SMILES string of the molecule is COc1[c]cnc(OC)n1. The lowest BCUT2D eigenvalue weighted by Gasteiger charge is -1.98. The first-order chi connectivity index (χ1) is 4.86. The minimum Gasteiger partial charge on any atom is -0.480 e. The Kier molecular flexibility index (Phi) is 2.04. The van der Waals surface area contributed by atoms with E-state index in [1.54, 1.807) is 0 Å². The second-order valence-corrected chi connectivity index (χ2v) is 1.51. The predicted molar refractivity (Wildman–Crippen MR) is 34.0 cm³/mol. The quantitative estimate of drug-likeness (QED) is 0.590. The largest absolute Gasteiger partial charge is 0.480 e. The van der Waals surface area contributed by atoms with Gasteiger partial charge in [-0.2, -0.15) is 4.98 Å². The van der Waals surface area contributed by atoms with Crippen molar-refractivity contribution in [2.75, 3.05) is 14.2 Å². The molecule has 1 aromatic rings. The zero-order chi connectivity index (χ0) is 7.40. The van der Waals surface area contributed by atoms with Crippen LogP contribution >= 0.6 is 0 Å². The van der Waals surface area contributed by atoms with Gasteiger partial charge >= 0.3 is 6.01 Å². The fourth-order valence-corrected chi connectivity index (χ4v) is 0.494. The van der Waals surface area contributed by atoms with Crippen LogP contribution in [0.1, 0.15) is 0 Å². The highest BCUT2D eigenvalue weighted by Crippen LogP contribution is 2.06. The van der Waals surface area contributed by atoms with Crippen molar-refractivity contribution in [3.05, 3.63) is 12.3 Å². The zero-order valence-electron chi connectivity index (χ0n) is 5.79. The molecule has 1 aromatic heterocycles. The lowest BCUT2D eigenvalue weighted by atomic mass is 10.6. The van der Waals surface area contributed by atoms with Gasteiger partial charge in [0.1, 0.15) is 0 Å². The van der Waals surface area contributed by atoms with Crippen LogP contribution in [0.5, 0.6) is 11.9 Å². The molecule has 0 amide bonds. The molecule has 0 bridgehead atoms. The van der Waals surface area contributed by atoms with Gasteiger partial charge in [-0.05, 0) is 0 Å². The Balaban J connectivity index is 2.87. The molecule has 0 saturated heterocycles. The number of aromatic nitrogens is 2. The maximum absolute atomic E-state index is 4.77. The number of hydrogen-bond donors (Lipinski definition) is 0. The smallest absolute Gasteiger partial charge is 0.319 e. The Hall–Kier alpha value is -1.32. The number of ether oxygens (including phenoxy) is 2. The van der Waals surface area contributed by atoms with Crippen molar-refractivity contribution in [2.24, 2.45) is 0 Å². The summed E-state index contributed by atoms with van der Waals surface area (Å²) in [7, 11) is 3.01. The van der Waals surface area contributed by atoms with Crippen LogP contribution in [0.25, 0.3) is 0 Å². The zero-order valence-corrected chi connectivity index (χ0v) is 5.79. The first-order valence-corrected chi connectivity index (χ1v) is 2.69. The normalized spacial score (nSPS) is 9.00. The van der Waals surface area contributed by atoms with Crippen molar-refractivity contribution in [3.63, 3.8) is 0 Å². The molecule has 1 heterocycles. The average Bonchev–Trinajstić information content (AvgIpc) is 2.05. The van der Waals surface area contributed by atoms with Gasteiger partial charge in [-0.1, -0.05) is 0 Å². The molecule has 0 spiro atoms. The molecule has 53 valence electrons. The molecule has 4 nitrogen and oxygen atoms in total. The van der Waals surface area contributed by atoms with Crippen molar-refractivity contribution in [1.82, 2.24) is 9.97 Å². The molecule has 10 heavy (non-hydrogen) atoms. The lowest BCUT2D eigenvalue weighted by Crippen LogP contribution is -1.93. The molecule has 0 aliphatic rings. The first-order valence-electron chi connectivity index (χ1n) is 2.69. The van der Waals surface area contributed by atoms with Crippen LogP contribution in [0.15, 0.2) is 6.20 Å². The van der Waals surface area contributed by atoms with E-state index in [0.29, 0.717) is 5.88 Å². The molecule has 1 rings (SSSR count). The van der Waals surface area contributed by atoms with E-state index in [4.69, 9.17) is 9.47 Å². The van der Waals surface area contributed by atoms with Crippen molar-refractivity contribution < 1.29 is 9.47 Å². The van der Waals surface area contributed by atoms with Crippen LogP contribution in [-0.4, -0.2) is 24.2 Å². The Labute approximate surface area is 58.8 Å². The number of nitrogens with zero attached hydrogens (tertiary/aromatic N) is 2. The van der Waals surface area contributed by atoms with Crippen LogP contribution in [0.3, 0.4) is 0 Å². The van der Waals surface area contributed by atoms with Crippen LogP contribution in [-0.2, 0) is 0 Å². The highest BCUT2D eigenvalue weighted by Gasteiger charge is 1.95. The van der Waals surface area contributed by atoms with Gasteiger partial charge in [0, 0.05) is 6.20 Å². The van der Waals surface area contributed by atoms with E-state index in [-0.39, 0.29) is 6.01 Å². The topological polar surface area (TPSA) is 44.2 Å². The van der Waals surface area contributed by atoms with Gasteiger partial charge in [-0.15, -0.1) is 0 Å². The molecule has 0 N–H and O–H groups in total. The summed E-state index contributed by atoms with van der Waals surface area (Å²) in [5.74, 6) is 0.381. The molecule has 0 saturated carbocycles. The Morgan fingerprint density at radius 3 is 2.80 bits per heavy atom. The fourth-order valence-electron chi connectivity index (χ4n) is 0.494. The fraction of sp³-hybridized carbons (Fsp3) is 0.333. The van der Waals surface area contributed by atoms with E-state index in [1.807, 2.05) is 0 Å². The number of rotatable bonds is 2. The van der Waals surface area contributed by atoms with Crippen LogP contribution in [0.4, 0.5) is 0 Å². The van der Waals surface area contributed by atoms with Crippen molar-refractivity contribution in [3.8, 4) is 11.9 Å². The van der Waals surface area contributed by atoms with E-state index >= 15 is 0 Å². The summed E-state index contributed by atoms with van der Waals surface area (Å²) in [4.78, 5) is 7.54. The van der Waals surface area contributed by atoms with E-state index in [2.05, 4.69) is 16.0 Å². The van der Waals surface area contributed by atoms with Crippen molar-refractivity contribution in [2.45, 2.75) is 0 Å². The second kappa shape index (κ2) is 3.00. The summed E-state index contributed by atoms with van der Waals surface area (Å²) in [6.07, 6.45) is 1.45. The summed E-state index contributed by atoms with van der Waals surface area (Å²) >= 11 is 0. The summed E-state index contributed by atoms with van der Waals surface area (Å²) in [6, 6.07) is 2.96. The monoisotopic (exact) mass is 139 g/mol. The van der Waals surface area contributed by atoms with Gasteiger partial charge in [0.25, 0.3) is 0 Å². The first kappa shape index (κ1) is 6.80. The third kappa shape index (κ3) is 1.34. The van der Waals surface area contributed by atoms with E-state index in [9.17, 15) is 0 Å². The summed E-state index contributed by atoms with van der Waals surface area (Å²) in [5.41, 5.74) is 0. The van der Waals surface area contributed by atoms with Gasteiger partial charge in [0.05, 0.1) is 20.3 Å². The lowest BCUT2D eigenvalue weighted by molar-refractivity contribution is 0.351. The third-order valence-electron chi connectivity index (χ3n) is 0.936. The van der Waals surface area contributed by atoms with Crippen LogP contribution in [0, 0.1) is 6.07 Å². The van der Waals surface area contributed by atoms with Gasteiger partial charge in [-0.25, -0.2) is 4.98 Å². The van der Waals surface area contributed by atoms with Gasteiger partial charge in [0.15, 0.2) is 0 Å². The molecule has 0 aromatic carbocycles. The summed E-state index contributed by atoms with van der Waals surface area (Å²) in [6.45, 7) is 0. The third-order valence-corrected chi connectivity index (χ3v) is 0.936. The van der Waals surface area contributed by atoms with E-state index in [1.165, 1.54) is 20.4 Å². The molecule has 0 aliphatic carbocycles. The maximum Gasteiger partial charge on any atom is 0.319 e. The van der Waals surface area contributed by atoms with E-state index < -0.39 is 0 Å². The minimum absolute atomic E-state index is 0.288. The summed E-state index contributed by atoms with van der Waals surface area (Å²) in [5, 5.41) is 0. The number of hydrogen-bond acceptors (Lipinski definition) is 4. The van der Waals surface area contributed by atoms with Crippen LogP contribution < -0.4 is 9.47 Å². The van der Waals surface area contributed by atoms with Crippen molar-refractivity contribution in [1.29, 1.82) is 0 Å². The van der Waals surface area contributed by atoms with E-state index in [0.717, 1.165) is 0 Å². The van der Waals surface area contributed by atoms with Crippen LogP contribution in [0.2, 0.25) is 0 Å². The van der Waals surface area contributed by atoms with Crippen molar-refractivity contribution >= 4 is 0 Å². The Morgan fingerprint density at radius 1 is 1.40 bits per heavy atom. The highest BCUT2D eigenvalue weighted by atomic mass is 16.5. The van der Waals surface area contributed by atoms with Gasteiger partial charge < -0.3 is 9.47 Å². The van der Waals surface area contributed by atoms with Gasteiger partial charge in [-0.3, -0.25) is 0 Å². The standard InChI is InChI=1S/C6H7N2O2/c1-9-5-3-4-7-6(8-5)10-2/h4H,1-2H3. The maximum atomic E-state index is 4.77. The molecule has 1 radical (unpaired) electrons. The molecule has 0 atom stereocenters. The minimum atomic E-state index is 0.288. The second-order valence-electron chi connectivity index (χ2n) is 1.51. The molecule has 0 unspecified atom stereocenters. The molecule has 4 heteroatoms. The highest BCUT2D eigenvalue weighted by molar-refractivity contribution is 5.08. The molecule has 0 aliphatic heterocycles. The molecular formula is C6H7N2O2. The molecule has 0 fully saturated rings. The number of methoxy groups -OCH3 is 2. The van der Waals surface area contributed by atoms with Gasteiger partial charge in [0.2, 0.25) is 5.88 Å². The Morgan fingerprint density at radius 2 is 2.20 bits per heavy atom. The molecular weight excluding hydrogens is 132 g/mol. The summed E-state index contributed by atoms with van der Waals surface area (Å²) < 4.78 is 9.50. The average molecular weight is 139 g/mol.